The Morgan fingerprint density at radius 3 is 2.16 bits per heavy atom. The molecule has 1 aliphatic carbocycles. The topological polar surface area (TPSA) is 96.0 Å². The van der Waals surface area contributed by atoms with E-state index in [9.17, 15) is 18.0 Å². The van der Waals surface area contributed by atoms with Crippen LogP contribution in [0.3, 0.4) is 0 Å². The van der Waals surface area contributed by atoms with Gasteiger partial charge in [-0.15, -0.1) is 0 Å². The minimum atomic E-state index is -3.76. The predicted molar refractivity (Wildman–Crippen MR) is 146 cm³/mol. The first kappa shape index (κ1) is 28.5. The molecule has 0 aromatic heterocycles. The molecule has 2 aromatic rings. The summed E-state index contributed by atoms with van der Waals surface area (Å²) in [4.78, 5) is 28.4. The molecule has 1 unspecified atom stereocenters. The van der Waals surface area contributed by atoms with Crippen LogP contribution >= 0.6 is 0 Å². The molecule has 0 aliphatic heterocycles. The molecule has 1 saturated carbocycles. The molecule has 0 saturated heterocycles. The molecule has 0 spiro atoms. The summed E-state index contributed by atoms with van der Waals surface area (Å²) in [6.07, 6.45) is 6.27. The van der Waals surface area contributed by atoms with E-state index in [0.717, 1.165) is 52.9 Å². The highest BCUT2D eigenvalue weighted by Crippen LogP contribution is 2.23. The molecule has 0 radical (unpaired) electrons. The lowest BCUT2D eigenvalue weighted by Crippen LogP contribution is -2.53. The van der Waals surface area contributed by atoms with Crippen LogP contribution in [0.5, 0.6) is 5.75 Å². The van der Waals surface area contributed by atoms with E-state index in [1.54, 1.807) is 38.3 Å². The number of hydrogen-bond donors (Lipinski definition) is 1. The number of amides is 2. The molecular formula is C28H39N3O5S. The van der Waals surface area contributed by atoms with E-state index < -0.39 is 28.5 Å². The van der Waals surface area contributed by atoms with Crippen molar-refractivity contribution in [3.05, 3.63) is 59.2 Å². The van der Waals surface area contributed by atoms with Crippen LogP contribution < -0.4 is 14.4 Å². The lowest BCUT2D eigenvalue weighted by molar-refractivity contribution is -0.139. The average Bonchev–Trinajstić information content (AvgIpc) is 2.85. The van der Waals surface area contributed by atoms with Crippen molar-refractivity contribution in [1.29, 1.82) is 0 Å². The van der Waals surface area contributed by atoms with Crippen LogP contribution in [0.1, 0.15) is 55.7 Å². The molecule has 0 bridgehead atoms. The highest BCUT2D eigenvalue weighted by molar-refractivity contribution is 7.92. The number of carbonyl (C=O) groups excluding carboxylic acids is 2. The van der Waals surface area contributed by atoms with E-state index in [4.69, 9.17) is 4.74 Å². The van der Waals surface area contributed by atoms with Gasteiger partial charge in [0.05, 0.1) is 19.1 Å². The van der Waals surface area contributed by atoms with Crippen molar-refractivity contribution in [3.63, 3.8) is 0 Å². The first-order chi connectivity index (χ1) is 17.5. The van der Waals surface area contributed by atoms with Gasteiger partial charge in [0.1, 0.15) is 18.3 Å². The van der Waals surface area contributed by atoms with Crippen LogP contribution in [0.4, 0.5) is 5.69 Å². The molecule has 8 nitrogen and oxygen atoms in total. The van der Waals surface area contributed by atoms with Crippen LogP contribution in [0.2, 0.25) is 0 Å². The number of nitrogens with one attached hydrogen (secondary N) is 1. The summed E-state index contributed by atoms with van der Waals surface area (Å²) in [5, 5.41) is 3.10. The van der Waals surface area contributed by atoms with Gasteiger partial charge in [-0.1, -0.05) is 37.5 Å². The third-order valence-corrected chi connectivity index (χ3v) is 7.95. The fourth-order valence-electron chi connectivity index (χ4n) is 4.79. The van der Waals surface area contributed by atoms with E-state index in [0.29, 0.717) is 11.4 Å². The normalized spacial score (nSPS) is 15.1. The minimum Gasteiger partial charge on any atom is -0.497 e. The zero-order chi connectivity index (χ0) is 27.2. The van der Waals surface area contributed by atoms with E-state index in [1.165, 1.54) is 11.3 Å². The van der Waals surface area contributed by atoms with Gasteiger partial charge in [-0.05, 0) is 74.6 Å². The van der Waals surface area contributed by atoms with Crippen LogP contribution in [0.15, 0.2) is 42.5 Å². The van der Waals surface area contributed by atoms with Crippen molar-refractivity contribution in [3.8, 4) is 5.75 Å². The van der Waals surface area contributed by atoms with Gasteiger partial charge >= 0.3 is 0 Å². The van der Waals surface area contributed by atoms with E-state index in [-0.39, 0.29) is 18.5 Å². The van der Waals surface area contributed by atoms with E-state index in [2.05, 4.69) is 5.32 Å². The molecule has 202 valence electrons. The molecule has 3 rings (SSSR count). The maximum atomic E-state index is 13.7. The fraction of sp³-hybridized carbons (Fsp3) is 0.500. The van der Waals surface area contributed by atoms with E-state index in [1.807, 2.05) is 32.0 Å². The van der Waals surface area contributed by atoms with Gasteiger partial charge in [0.2, 0.25) is 21.8 Å². The van der Waals surface area contributed by atoms with Crippen LogP contribution in [-0.2, 0) is 26.2 Å². The Kier molecular flexibility index (Phi) is 9.59. The zero-order valence-corrected chi connectivity index (χ0v) is 23.3. The second-order valence-corrected chi connectivity index (χ2v) is 11.9. The lowest BCUT2D eigenvalue weighted by atomic mass is 9.95. The number of benzene rings is 2. The van der Waals surface area contributed by atoms with Crippen molar-refractivity contribution in [2.45, 2.75) is 71.5 Å². The largest absolute Gasteiger partial charge is 0.497 e. The summed E-state index contributed by atoms with van der Waals surface area (Å²) in [7, 11) is -2.18. The van der Waals surface area contributed by atoms with Gasteiger partial charge in [-0.2, -0.15) is 0 Å². The highest BCUT2D eigenvalue weighted by atomic mass is 32.2. The molecular weight excluding hydrogens is 490 g/mol. The standard InChI is InChI=1S/C28H39N3O5S/c1-20-15-21(2)17-25(16-20)31(37(5,34)35)19-27(32)30(18-23-11-13-26(36-4)14-12-23)22(3)28(33)29-24-9-7-6-8-10-24/h11-17,22,24H,6-10,18-19H2,1-5H3,(H,29,33). The highest BCUT2D eigenvalue weighted by Gasteiger charge is 2.31. The molecule has 1 atom stereocenters. The molecule has 1 N–H and O–H groups in total. The average molecular weight is 530 g/mol. The number of ether oxygens (including phenoxy) is 1. The number of anilines is 1. The van der Waals surface area contributed by atoms with Crippen molar-refractivity contribution in [2.24, 2.45) is 0 Å². The molecule has 2 aromatic carbocycles. The summed E-state index contributed by atoms with van der Waals surface area (Å²) in [6.45, 7) is 5.21. The Balaban J connectivity index is 1.89. The third kappa shape index (κ3) is 7.95. The van der Waals surface area contributed by atoms with Crippen LogP contribution in [0.25, 0.3) is 0 Å². The van der Waals surface area contributed by atoms with Crippen molar-refractivity contribution in [1.82, 2.24) is 10.2 Å². The minimum absolute atomic E-state index is 0.101. The number of carbonyl (C=O) groups is 2. The number of aryl methyl sites for hydroxylation is 2. The Bertz CT molecular complexity index is 1170. The zero-order valence-electron chi connectivity index (χ0n) is 22.5. The second kappa shape index (κ2) is 12.4. The Morgan fingerprint density at radius 1 is 1.03 bits per heavy atom. The van der Waals surface area contributed by atoms with Gasteiger partial charge < -0.3 is 15.0 Å². The maximum absolute atomic E-state index is 13.7. The second-order valence-electron chi connectivity index (χ2n) is 10.0. The Hall–Kier alpha value is -3.07. The first-order valence-corrected chi connectivity index (χ1v) is 14.6. The summed E-state index contributed by atoms with van der Waals surface area (Å²) >= 11 is 0. The number of rotatable bonds is 10. The predicted octanol–water partition coefficient (Wildman–Crippen LogP) is 3.94. The Morgan fingerprint density at radius 2 is 1.62 bits per heavy atom. The number of sulfonamides is 1. The van der Waals surface area contributed by atoms with Gasteiger partial charge in [0.15, 0.2) is 0 Å². The molecule has 1 aliphatic rings. The van der Waals surface area contributed by atoms with Gasteiger partial charge in [-0.25, -0.2) is 8.42 Å². The number of methoxy groups -OCH3 is 1. The quantitative estimate of drug-likeness (QED) is 0.503. The molecule has 0 heterocycles. The van der Waals surface area contributed by atoms with Gasteiger partial charge in [-0.3, -0.25) is 13.9 Å². The lowest BCUT2D eigenvalue weighted by Gasteiger charge is -2.33. The SMILES string of the molecule is COc1ccc(CN(C(=O)CN(c2cc(C)cc(C)c2)S(C)(=O)=O)C(C)C(=O)NC2CCCCC2)cc1. The van der Waals surface area contributed by atoms with E-state index >= 15 is 0 Å². The molecule has 1 fully saturated rings. The maximum Gasteiger partial charge on any atom is 0.244 e. The van der Waals surface area contributed by atoms with Gasteiger partial charge in [0, 0.05) is 12.6 Å². The van der Waals surface area contributed by atoms with Crippen molar-refractivity contribution in [2.75, 3.05) is 24.2 Å². The monoisotopic (exact) mass is 529 g/mol. The summed E-state index contributed by atoms with van der Waals surface area (Å²) in [6, 6.07) is 12.0. The Labute approximate surface area is 221 Å². The van der Waals surface area contributed by atoms with Gasteiger partial charge in [0.25, 0.3) is 0 Å². The summed E-state index contributed by atoms with van der Waals surface area (Å²) in [5.74, 6) is 0.000508. The summed E-state index contributed by atoms with van der Waals surface area (Å²) < 4.78 is 31.9. The van der Waals surface area contributed by atoms with Crippen molar-refractivity contribution >= 4 is 27.5 Å². The fourth-order valence-corrected chi connectivity index (χ4v) is 5.62. The summed E-state index contributed by atoms with van der Waals surface area (Å²) in [5.41, 5.74) is 3.03. The number of nitrogens with zero attached hydrogens (tertiary/aromatic N) is 2. The molecule has 9 heteroatoms. The molecule has 2 amide bonds. The number of hydrogen-bond acceptors (Lipinski definition) is 5. The van der Waals surface area contributed by atoms with Crippen LogP contribution in [-0.4, -0.2) is 57.1 Å². The van der Waals surface area contributed by atoms with Crippen LogP contribution in [0, 0.1) is 13.8 Å². The smallest absolute Gasteiger partial charge is 0.244 e. The molecule has 37 heavy (non-hydrogen) atoms. The third-order valence-electron chi connectivity index (χ3n) is 6.80. The van der Waals surface area contributed by atoms with Crippen molar-refractivity contribution < 1.29 is 22.7 Å². The first-order valence-electron chi connectivity index (χ1n) is 12.8.